The number of aromatic nitrogens is 4. The van der Waals surface area contributed by atoms with E-state index in [-0.39, 0.29) is 0 Å². The molecule has 0 saturated carbocycles. The molecular weight excluding hydrogens is 214 g/mol. The second kappa shape index (κ2) is 5.63. The van der Waals surface area contributed by atoms with E-state index in [9.17, 15) is 0 Å². The molecule has 0 saturated heterocycles. The van der Waals surface area contributed by atoms with Gasteiger partial charge in [-0.3, -0.25) is 9.36 Å². The van der Waals surface area contributed by atoms with Gasteiger partial charge in [0.25, 0.3) is 0 Å². The Hall–Kier alpha value is -1.62. The van der Waals surface area contributed by atoms with Crippen molar-refractivity contribution in [1.82, 2.24) is 24.9 Å². The molecule has 0 atom stereocenters. The fourth-order valence-electron chi connectivity index (χ4n) is 1.79. The lowest BCUT2D eigenvalue weighted by atomic mass is 10.2. The van der Waals surface area contributed by atoms with Crippen molar-refractivity contribution in [3.63, 3.8) is 0 Å². The van der Waals surface area contributed by atoms with E-state index in [1.54, 1.807) is 0 Å². The Kier molecular flexibility index (Phi) is 3.93. The minimum Gasteiger partial charge on any atom is -0.316 e. The summed E-state index contributed by atoms with van der Waals surface area (Å²) in [7, 11) is 3.89. The zero-order valence-corrected chi connectivity index (χ0v) is 10.4. The maximum Gasteiger partial charge on any atom is 0.0522 e. The first-order chi connectivity index (χ1) is 8.24. The Morgan fingerprint density at radius 1 is 0.941 bits per heavy atom. The van der Waals surface area contributed by atoms with Gasteiger partial charge in [-0.2, -0.15) is 10.2 Å². The molecule has 17 heavy (non-hydrogen) atoms. The summed E-state index contributed by atoms with van der Waals surface area (Å²) < 4.78 is 3.68. The van der Waals surface area contributed by atoms with Crippen molar-refractivity contribution in [3.8, 4) is 0 Å². The third-order valence-corrected chi connectivity index (χ3v) is 2.70. The fourth-order valence-corrected chi connectivity index (χ4v) is 1.79. The second-order valence-corrected chi connectivity index (χ2v) is 4.29. The quantitative estimate of drug-likeness (QED) is 0.740. The van der Waals surface area contributed by atoms with Crippen LogP contribution < -0.4 is 5.32 Å². The highest BCUT2D eigenvalue weighted by Crippen LogP contribution is 1.97. The predicted octanol–water partition coefficient (Wildman–Crippen LogP) is 0.528. The maximum atomic E-state index is 4.14. The first-order valence-corrected chi connectivity index (χ1v) is 5.90. The van der Waals surface area contributed by atoms with E-state index in [0.717, 1.165) is 25.9 Å². The monoisotopic (exact) mass is 233 g/mol. The van der Waals surface area contributed by atoms with Crippen LogP contribution in [0.1, 0.15) is 11.1 Å². The van der Waals surface area contributed by atoms with Crippen molar-refractivity contribution >= 4 is 0 Å². The maximum absolute atomic E-state index is 4.14. The van der Waals surface area contributed by atoms with E-state index in [0.29, 0.717) is 0 Å². The molecule has 2 aromatic heterocycles. The minimum atomic E-state index is 0.992. The third kappa shape index (κ3) is 3.71. The highest BCUT2D eigenvalue weighted by Gasteiger charge is 1.97. The molecule has 0 fully saturated rings. The molecule has 2 aromatic rings. The fraction of sp³-hybridized carbons (Fsp3) is 0.500. The van der Waals surface area contributed by atoms with Gasteiger partial charge in [-0.1, -0.05) is 0 Å². The first-order valence-electron chi connectivity index (χ1n) is 5.90. The van der Waals surface area contributed by atoms with Crippen molar-refractivity contribution in [2.24, 2.45) is 14.1 Å². The normalized spacial score (nSPS) is 10.9. The predicted molar refractivity (Wildman–Crippen MR) is 66.7 cm³/mol. The molecule has 0 amide bonds. The first kappa shape index (κ1) is 11.9. The van der Waals surface area contributed by atoms with Crippen LogP contribution in [-0.4, -0.2) is 32.7 Å². The van der Waals surface area contributed by atoms with Gasteiger partial charge in [0, 0.05) is 26.5 Å². The van der Waals surface area contributed by atoms with Crippen LogP contribution in [0.15, 0.2) is 24.8 Å². The molecule has 0 spiro atoms. The van der Waals surface area contributed by atoms with E-state index in [1.165, 1.54) is 11.1 Å². The van der Waals surface area contributed by atoms with Crippen LogP contribution in [-0.2, 0) is 26.9 Å². The lowest BCUT2D eigenvalue weighted by Crippen LogP contribution is -2.19. The van der Waals surface area contributed by atoms with Gasteiger partial charge < -0.3 is 5.32 Å². The summed E-state index contributed by atoms with van der Waals surface area (Å²) in [5, 5.41) is 11.7. The van der Waals surface area contributed by atoms with Crippen molar-refractivity contribution in [3.05, 3.63) is 35.9 Å². The Balaban J connectivity index is 1.60. The Labute approximate surface area is 101 Å². The summed E-state index contributed by atoms with van der Waals surface area (Å²) in [6, 6.07) is 0. The summed E-state index contributed by atoms with van der Waals surface area (Å²) >= 11 is 0. The summed E-state index contributed by atoms with van der Waals surface area (Å²) in [4.78, 5) is 0. The smallest absolute Gasteiger partial charge is 0.0522 e. The van der Waals surface area contributed by atoms with Crippen LogP contribution in [0.25, 0.3) is 0 Å². The standard InChI is InChI=1S/C12H19N5/c1-16-9-11(7-14-16)3-5-13-6-4-12-8-15-17(2)10-12/h7-10,13H,3-6H2,1-2H3. The highest BCUT2D eigenvalue weighted by molar-refractivity contribution is 5.05. The molecule has 2 rings (SSSR count). The Morgan fingerprint density at radius 3 is 1.76 bits per heavy atom. The van der Waals surface area contributed by atoms with E-state index < -0.39 is 0 Å². The number of rotatable bonds is 6. The van der Waals surface area contributed by atoms with E-state index in [1.807, 2.05) is 35.9 Å². The molecular formula is C12H19N5. The number of hydrogen-bond acceptors (Lipinski definition) is 3. The van der Waals surface area contributed by atoms with Gasteiger partial charge in [0.15, 0.2) is 0 Å². The molecule has 92 valence electrons. The molecule has 0 unspecified atom stereocenters. The van der Waals surface area contributed by atoms with E-state index >= 15 is 0 Å². The van der Waals surface area contributed by atoms with Crippen LogP contribution >= 0.6 is 0 Å². The Bertz CT molecular complexity index is 415. The van der Waals surface area contributed by atoms with E-state index in [4.69, 9.17) is 0 Å². The molecule has 0 aromatic carbocycles. The summed E-state index contributed by atoms with van der Waals surface area (Å²) in [5.74, 6) is 0. The zero-order chi connectivity index (χ0) is 12.1. The average molecular weight is 233 g/mol. The van der Waals surface area contributed by atoms with Crippen LogP contribution in [0.5, 0.6) is 0 Å². The average Bonchev–Trinajstić information content (AvgIpc) is 2.88. The van der Waals surface area contributed by atoms with Crippen molar-refractivity contribution in [2.45, 2.75) is 12.8 Å². The van der Waals surface area contributed by atoms with E-state index in [2.05, 4.69) is 27.9 Å². The van der Waals surface area contributed by atoms with Crippen LogP contribution in [0.2, 0.25) is 0 Å². The number of aryl methyl sites for hydroxylation is 2. The van der Waals surface area contributed by atoms with Gasteiger partial charge >= 0.3 is 0 Å². The van der Waals surface area contributed by atoms with Gasteiger partial charge in [-0.25, -0.2) is 0 Å². The zero-order valence-electron chi connectivity index (χ0n) is 10.4. The van der Waals surface area contributed by atoms with Gasteiger partial charge in [-0.05, 0) is 37.1 Å². The van der Waals surface area contributed by atoms with Crippen molar-refractivity contribution in [1.29, 1.82) is 0 Å². The summed E-state index contributed by atoms with van der Waals surface area (Å²) in [6.07, 6.45) is 10.0. The molecule has 2 heterocycles. The van der Waals surface area contributed by atoms with Crippen molar-refractivity contribution in [2.75, 3.05) is 13.1 Å². The lowest BCUT2D eigenvalue weighted by molar-refractivity contribution is 0.680. The molecule has 0 aliphatic carbocycles. The summed E-state index contributed by atoms with van der Waals surface area (Å²) in [5.41, 5.74) is 2.56. The van der Waals surface area contributed by atoms with Gasteiger partial charge in [-0.15, -0.1) is 0 Å². The molecule has 0 radical (unpaired) electrons. The molecule has 0 aliphatic rings. The highest BCUT2D eigenvalue weighted by atomic mass is 15.2. The van der Waals surface area contributed by atoms with Gasteiger partial charge in [0.05, 0.1) is 12.4 Å². The topological polar surface area (TPSA) is 47.7 Å². The van der Waals surface area contributed by atoms with Crippen LogP contribution in [0, 0.1) is 0 Å². The largest absolute Gasteiger partial charge is 0.316 e. The number of nitrogens with one attached hydrogen (secondary N) is 1. The van der Waals surface area contributed by atoms with Gasteiger partial charge in [0.2, 0.25) is 0 Å². The minimum absolute atomic E-state index is 0.992. The van der Waals surface area contributed by atoms with Gasteiger partial charge in [0.1, 0.15) is 0 Å². The second-order valence-electron chi connectivity index (χ2n) is 4.29. The summed E-state index contributed by atoms with van der Waals surface area (Å²) in [6.45, 7) is 1.98. The Morgan fingerprint density at radius 2 is 1.41 bits per heavy atom. The molecule has 5 heteroatoms. The molecule has 5 nitrogen and oxygen atoms in total. The molecule has 0 bridgehead atoms. The molecule has 1 N–H and O–H groups in total. The third-order valence-electron chi connectivity index (χ3n) is 2.70. The van der Waals surface area contributed by atoms with Crippen LogP contribution in [0.4, 0.5) is 0 Å². The lowest BCUT2D eigenvalue weighted by Gasteiger charge is -2.01. The van der Waals surface area contributed by atoms with Crippen molar-refractivity contribution < 1.29 is 0 Å². The molecule has 0 aliphatic heterocycles. The van der Waals surface area contributed by atoms with Crippen LogP contribution in [0.3, 0.4) is 0 Å². The number of nitrogens with zero attached hydrogens (tertiary/aromatic N) is 4. The number of hydrogen-bond donors (Lipinski definition) is 1. The SMILES string of the molecule is Cn1cc(CCNCCc2cnn(C)c2)cn1.